The molecule has 2 rings (SSSR count). The van der Waals surface area contributed by atoms with Crippen molar-refractivity contribution in [1.29, 1.82) is 0 Å². The molecule has 0 saturated carbocycles. The van der Waals surface area contributed by atoms with E-state index in [1.54, 1.807) is 0 Å². The van der Waals surface area contributed by atoms with Crippen molar-refractivity contribution in [2.75, 3.05) is 10.6 Å². The molecule has 0 amide bonds. The van der Waals surface area contributed by atoms with Gasteiger partial charge in [0, 0.05) is 11.8 Å². The van der Waals surface area contributed by atoms with E-state index >= 15 is 0 Å². The van der Waals surface area contributed by atoms with Crippen molar-refractivity contribution in [3.8, 4) is 0 Å². The molecule has 2 N–H and O–H groups in total. The van der Waals surface area contributed by atoms with Crippen LogP contribution in [0.25, 0.3) is 0 Å². The van der Waals surface area contributed by atoms with Gasteiger partial charge in [-0.25, -0.2) is 8.78 Å². The molecular formula is C16H16F2N2S. The van der Waals surface area contributed by atoms with E-state index in [4.69, 9.17) is 12.2 Å². The van der Waals surface area contributed by atoms with Crippen LogP contribution in [0.4, 0.5) is 20.2 Å². The minimum atomic E-state index is -0.684. The molecule has 0 aliphatic heterocycles. The van der Waals surface area contributed by atoms with Gasteiger partial charge in [0.1, 0.15) is 11.6 Å². The van der Waals surface area contributed by atoms with E-state index in [9.17, 15) is 8.78 Å². The number of thiocarbonyl (C=S) groups is 1. The van der Waals surface area contributed by atoms with E-state index in [1.807, 2.05) is 32.9 Å². The molecule has 0 heterocycles. The summed E-state index contributed by atoms with van der Waals surface area (Å²) in [6.07, 6.45) is 0. The summed E-state index contributed by atoms with van der Waals surface area (Å²) in [4.78, 5) is 0. The van der Waals surface area contributed by atoms with Crippen molar-refractivity contribution >= 4 is 28.7 Å². The standard InChI is InChI=1S/C16H16F2N2S/c1-9-6-10(2)15(11(3)7-9)20-16(21)19-14-5-4-12(17)8-13(14)18/h4-8H,1-3H3,(H2,19,20,21). The maximum Gasteiger partial charge on any atom is 0.175 e. The van der Waals surface area contributed by atoms with Crippen LogP contribution in [0.1, 0.15) is 16.7 Å². The molecule has 5 heteroatoms. The fraction of sp³-hybridized carbons (Fsp3) is 0.188. The third-order valence-electron chi connectivity index (χ3n) is 3.09. The van der Waals surface area contributed by atoms with Gasteiger partial charge in [-0.15, -0.1) is 0 Å². The molecule has 21 heavy (non-hydrogen) atoms. The van der Waals surface area contributed by atoms with Crippen LogP contribution in [-0.4, -0.2) is 5.11 Å². The average Bonchev–Trinajstić information content (AvgIpc) is 2.37. The molecule has 0 aliphatic rings. The van der Waals surface area contributed by atoms with E-state index in [-0.39, 0.29) is 10.8 Å². The van der Waals surface area contributed by atoms with Gasteiger partial charge >= 0.3 is 0 Å². The van der Waals surface area contributed by atoms with E-state index in [0.717, 1.165) is 22.9 Å². The van der Waals surface area contributed by atoms with Crippen LogP contribution in [0.15, 0.2) is 30.3 Å². The van der Waals surface area contributed by atoms with E-state index < -0.39 is 11.6 Å². The molecule has 0 unspecified atom stereocenters. The lowest BCUT2D eigenvalue weighted by molar-refractivity contribution is 0.586. The maximum absolute atomic E-state index is 13.6. The second-order valence-electron chi connectivity index (χ2n) is 4.98. The van der Waals surface area contributed by atoms with Crippen molar-refractivity contribution in [3.63, 3.8) is 0 Å². The summed E-state index contributed by atoms with van der Waals surface area (Å²) < 4.78 is 26.4. The van der Waals surface area contributed by atoms with E-state index in [2.05, 4.69) is 10.6 Å². The lowest BCUT2D eigenvalue weighted by atomic mass is 10.1. The molecule has 2 aromatic carbocycles. The fourth-order valence-electron chi connectivity index (χ4n) is 2.24. The van der Waals surface area contributed by atoms with E-state index in [0.29, 0.717) is 0 Å². The number of aryl methyl sites for hydroxylation is 3. The highest BCUT2D eigenvalue weighted by atomic mass is 32.1. The molecule has 0 aromatic heterocycles. The zero-order valence-corrected chi connectivity index (χ0v) is 12.9. The molecule has 0 saturated heterocycles. The second-order valence-corrected chi connectivity index (χ2v) is 5.39. The van der Waals surface area contributed by atoms with Crippen molar-refractivity contribution in [1.82, 2.24) is 0 Å². The van der Waals surface area contributed by atoms with Gasteiger partial charge in [-0.3, -0.25) is 0 Å². The van der Waals surface area contributed by atoms with Gasteiger partial charge < -0.3 is 10.6 Å². The second kappa shape index (κ2) is 6.18. The SMILES string of the molecule is Cc1cc(C)c(NC(=S)Nc2ccc(F)cc2F)c(C)c1. The Bertz CT molecular complexity index is 676. The Morgan fingerprint density at radius 2 is 1.57 bits per heavy atom. The number of hydrogen-bond acceptors (Lipinski definition) is 1. The summed E-state index contributed by atoms with van der Waals surface area (Å²) in [5.74, 6) is -1.31. The first-order valence-electron chi connectivity index (χ1n) is 6.47. The summed E-state index contributed by atoms with van der Waals surface area (Å²) in [6, 6.07) is 7.38. The first-order chi connectivity index (χ1) is 9.86. The molecule has 0 radical (unpaired) electrons. The Morgan fingerprint density at radius 1 is 0.952 bits per heavy atom. The number of anilines is 2. The Morgan fingerprint density at radius 3 is 2.14 bits per heavy atom. The number of nitrogens with one attached hydrogen (secondary N) is 2. The van der Waals surface area contributed by atoms with Crippen LogP contribution >= 0.6 is 12.2 Å². The zero-order chi connectivity index (χ0) is 15.6. The maximum atomic E-state index is 13.6. The minimum absolute atomic E-state index is 0.135. The monoisotopic (exact) mass is 306 g/mol. The summed E-state index contributed by atoms with van der Waals surface area (Å²) in [5.41, 5.74) is 4.29. The predicted molar refractivity (Wildman–Crippen MR) is 86.9 cm³/mol. The van der Waals surface area contributed by atoms with Crippen molar-refractivity contribution < 1.29 is 8.78 Å². The van der Waals surface area contributed by atoms with Crippen molar-refractivity contribution in [3.05, 3.63) is 58.7 Å². The average molecular weight is 306 g/mol. The van der Waals surface area contributed by atoms with Gasteiger partial charge in [0.15, 0.2) is 5.11 Å². The van der Waals surface area contributed by atoms with Crippen LogP contribution in [0.5, 0.6) is 0 Å². The summed E-state index contributed by atoms with van der Waals surface area (Å²) in [5, 5.41) is 6.05. The number of benzene rings is 2. The molecule has 0 bridgehead atoms. The van der Waals surface area contributed by atoms with Gasteiger partial charge in [-0.1, -0.05) is 17.7 Å². The molecule has 0 spiro atoms. The van der Waals surface area contributed by atoms with Crippen molar-refractivity contribution in [2.24, 2.45) is 0 Å². The van der Waals surface area contributed by atoms with Gasteiger partial charge in [0.2, 0.25) is 0 Å². The largest absolute Gasteiger partial charge is 0.332 e. The zero-order valence-electron chi connectivity index (χ0n) is 12.1. The molecule has 110 valence electrons. The van der Waals surface area contributed by atoms with Crippen LogP contribution < -0.4 is 10.6 Å². The number of rotatable bonds is 2. The van der Waals surface area contributed by atoms with Gasteiger partial charge in [-0.2, -0.15) is 0 Å². The van der Waals surface area contributed by atoms with E-state index in [1.165, 1.54) is 17.7 Å². The lowest BCUT2D eigenvalue weighted by Gasteiger charge is -2.16. The smallest absolute Gasteiger partial charge is 0.175 e. The molecular weight excluding hydrogens is 290 g/mol. The number of halogens is 2. The van der Waals surface area contributed by atoms with Crippen LogP contribution in [0, 0.1) is 32.4 Å². The molecule has 2 nitrogen and oxygen atoms in total. The van der Waals surface area contributed by atoms with Crippen LogP contribution in [-0.2, 0) is 0 Å². The Kier molecular flexibility index (Phi) is 4.53. The fourth-order valence-corrected chi connectivity index (χ4v) is 2.45. The molecule has 2 aromatic rings. The van der Waals surface area contributed by atoms with Gasteiger partial charge in [0.05, 0.1) is 5.69 Å². The summed E-state index contributed by atoms with van der Waals surface area (Å²) >= 11 is 5.18. The van der Waals surface area contributed by atoms with Crippen molar-refractivity contribution in [2.45, 2.75) is 20.8 Å². The summed E-state index contributed by atoms with van der Waals surface area (Å²) in [7, 11) is 0. The lowest BCUT2D eigenvalue weighted by Crippen LogP contribution is -2.21. The van der Waals surface area contributed by atoms with Crippen LogP contribution in [0.2, 0.25) is 0 Å². The Balaban J connectivity index is 2.16. The van der Waals surface area contributed by atoms with Crippen LogP contribution in [0.3, 0.4) is 0 Å². The van der Waals surface area contributed by atoms with Gasteiger partial charge in [0.25, 0.3) is 0 Å². The Hall–Kier alpha value is -2.01. The first-order valence-corrected chi connectivity index (χ1v) is 6.88. The van der Waals surface area contributed by atoms with Gasteiger partial charge in [-0.05, 0) is 56.2 Å². The topological polar surface area (TPSA) is 24.1 Å². The first kappa shape index (κ1) is 15.4. The normalized spacial score (nSPS) is 10.3. The highest BCUT2D eigenvalue weighted by Gasteiger charge is 2.08. The molecule has 0 atom stereocenters. The third-order valence-corrected chi connectivity index (χ3v) is 3.30. The summed E-state index contributed by atoms with van der Waals surface area (Å²) in [6.45, 7) is 5.97. The highest BCUT2D eigenvalue weighted by Crippen LogP contribution is 2.22. The minimum Gasteiger partial charge on any atom is -0.332 e. The predicted octanol–water partition coefficient (Wildman–Crippen LogP) is 4.70. The highest BCUT2D eigenvalue weighted by molar-refractivity contribution is 7.80. The molecule has 0 fully saturated rings. The Labute approximate surface area is 128 Å². The molecule has 0 aliphatic carbocycles. The quantitative estimate of drug-likeness (QED) is 0.787. The number of hydrogen-bond donors (Lipinski definition) is 2. The third kappa shape index (κ3) is 3.76.